The van der Waals surface area contributed by atoms with E-state index < -0.39 is 17.4 Å². The Bertz CT molecular complexity index is 1380. The summed E-state index contributed by atoms with van der Waals surface area (Å²) in [6.07, 6.45) is 0.738. The molecule has 3 atom stereocenters. The number of aliphatic hydroxyl groups is 1. The Labute approximate surface area is 189 Å². The van der Waals surface area contributed by atoms with Crippen LogP contribution in [0, 0.1) is 17.2 Å². The molecular weight excluding hydrogens is 418 g/mol. The first-order valence-electron chi connectivity index (χ1n) is 11.2. The maximum Gasteiger partial charge on any atom is 0.261 e. The molecule has 1 unspecified atom stereocenters. The number of carbonyl (C=O) groups excluding carboxylic acids is 3. The van der Waals surface area contributed by atoms with Crippen molar-refractivity contribution < 1.29 is 19.5 Å². The van der Waals surface area contributed by atoms with Crippen molar-refractivity contribution in [2.24, 2.45) is 5.92 Å². The summed E-state index contributed by atoms with van der Waals surface area (Å²) in [5, 5.41) is 21.6. The normalized spacial score (nSPS) is 25.8. The van der Waals surface area contributed by atoms with Crippen LogP contribution in [0.1, 0.15) is 56.0 Å². The van der Waals surface area contributed by atoms with Crippen molar-refractivity contribution >= 4 is 28.6 Å². The van der Waals surface area contributed by atoms with Gasteiger partial charge in [0.05, 0.1) is 45.8 Å². The van der Waals surface area contributed by atoms with Crippen LogP contribution >= 0.6 is 0 Å². The topological polar surface area (TPSA) is 103 Å². The lowest BCUT2D eigenvalue weighted by atomic mass is 9.64. The number of fused-ring (bicyclic) bond motifs is 7. The number of aliphatic hydroxyl groups excluding tert-OH is 1. The minimum absolute atomic E-state index is 0.162. The van der Waals surface area contributed by atoms with E-state index in [0.717, 1.165) is 10.9 Å². The zero-order chi connectivity index (χ0) is 22.9. The molecule has 2 aromatic carbocycles. The average Bonchev–Trinajstić information content (AvgIpc) is 3.30. The summed E-state index contributed by atoms with van der Waals surface area (Å²) in [4.78, 5) is 40.4. The number of aromatic nitrogens is 1. The number of nitrogens with zero attached hydrogens (tertiary/aromatic N) is 3. The zero-order valence-electron chi connectivity index (χ0n) is 17.8. The lowest BCUT2D eigenvalue weighted by molar-refractivity contribution is 0.0250. The predicted molar refractivity (Wildman–Crippen MR) is 119 cm³/mol. The zero-order valence-corrected chi connectivity index (χ0v) is 17.8. The Morgan fingerprint density at radius 1 is 1.03 bits per heavy atom. The van der Waals surface area contributed by atoms with Gasteiger partial charge in [0.25, 0.3) is 11.8 Å². The van der Waals surface area contributed by atoms with Crippen molar-refractivity contribution in [3.05, 3.63) is 70.9 Å². The fourth-order valence-electron chi connectivity index (χ4n) is 5.95. The van der Waals surface area contributed by atoms with E-state index in [1.807, 2.05) is 24.3 Å². The number of nitriles is 1. The minimum Gasteiger partial charge on any atom is -0.392 e. The molecule has 1 saturated carbocycles. The Balaban J connectivity index is 1.47. The summed E-state index contributed by atoms with van der Waals surface area (Å²) in [7, 11) is 0. The summed E-state index contributed by atoms with van der Waals surface area (Å²) < 4.78 is 1.62. The molecule has 0 radical (unpaired) electrons. The molecule has 2 amide bonds. The SMILES string of the molecule is N#C[C@]12CCC(O)[C@@H](C1)C(=O)n1c2c(CCN2C(=O)c3ccccc3C2=O)c2ccccc21. The summed E-state index contributed by atoms with van der Waals surface area (Å²) in [6, 6.07) is 16.7. The van der Waals surface area contributed by atoms with Gasteiger partial charge < -0.3 is 5.11 Å². The molecule has 1 fully saturated rings. The highest BCUT2D eigenvalue weighted by Gasteiger charge is 2.53. The van der Waals surface area contributed by atoms with Gasteiger partial charge in [-0.2, -0.15) is 5.26 Å². The molecule has 3 aliphatic rings. The minimum atomic E-state index is -0.881. The van der Waals surface area contributed by atoms with Crippen molar-refractivity contribution in [3.8, 4) is 6.07 Å². The van der Waals surface area contributed by atoms with Crippen LogP contribution in [0.25, 0.3) is 10.9 Å². The Hall–Kier alpha value is -3.76. The van der Waals surface area contributed by atoms with E-state index in [1.54, 1.807) is 28.8 Å². The number of hydrogen-bond donors (Lipinski definition) is 1. The maximum atomic E-state index is 13.4. The molecule has 0 saturated heterocycles. The summed E-state index contributed by atoms with van der Waals surface area (Å²) >= 11 is 0. The van der Waals surface area contributed by atoms with Gasteiger partial charge in [0, 0.05) is 11.9 Å². The number of imide groups is 1. The van der Waals surface area contributed by atoms with Gasteiger partial charge in [-0.1, -0.05) is 30.3 Å². The van der Waals surface area contributed by atoms with Crippen molar-refractivity contribution in [2.45, 2.75) is 37.2 Å². The molecule has 3 heterocycles. The fraction of sp³-hybridized carbons (Fsp3) is 0.308. The molecule has 1 aromatic heterocycles. The lowest BCUT2D eigenvalue weighted by Gasteiger charge is -2.43. The maximum absolute atomic E-state index is 13.4. The van der Waals surface area contributed by atoms with Gasteiger partial charge in [0.15, 0.2) is 0 Å². The number of carbonyl (C=O) groups is 3. The molecule has 164 valence electrons. The summed E-state index contributed by atoms with van der Waals surface area (Å²) in [5.41, 5.74) is 2.11. The molecule has 33 heavy (non-hydrogen) atoms. The van der Waals surface area contributed by atoms with Gasteiger partial charge in [-0.05, 0) is 49.4 Å². The molecule has 0 spiro atoms. The monoisotopic (exact) mass is 439 g/mol. The summed E-state index contributed by atoms with van der Waals surface area (Å²) in [5.74, 6) is -1.43. The molecular formula is C26H21N3O4. The Morgan fingerprint density at radius 2 is 1.70 bits per heavy atom. The molecule has 1 aliphatic carbocycles. The van der Waals surface area contributed by atoms with Gasteiger partial charge >= 0.3 is 0 Å². The smallest absolute Gasteiger partial charge is 0.261 e. The van der Waals surface area contributed by atoms with Crippen molar-refractivity contribution in [1.29, 1.82) is 5.26 Å². The van der Waals surface area contributed by atoms with Gasteiger partial charge in [-0.15, -0.1) is 0 Å². The number of hydrogen-bond acceptors (Lipinski definition) is 5. The van der Waals surface area contributed by atoms with Crippen LogP contribution in [0.15, 0.2) is 48.5 Å². The van der Waals surface area contributed by atoms with Crippen molar-refractivity contribution in [3.63, 3.8) is 0 Å². The van der Waals surface area contributed by atoms with Crippen LogP contribution in [-0.4, -0.2) is 44.9 Å². The van der Waals surface area contributed by atoms with E-state index in [0.29, 0.717) is 48.0 Å². The molecule has 7 nitrogen and oxygen atoms in total. The van der Waals surface area contributed by atoms with E-state index in [4.69, 9.17) is 0 Å². The van der Waals surface area contributed by atoms with E-state index in [9.17, 15) is 24.8 Å². The molecule has 7 heteroatoms. The second-order valence-electron chi connectivity index (χ2n) is 9.19. The van der Waals surface area contributed by atoms with E-state index in [2.05, 4.69) is 6.07 Å². The number of rotatable bonds is 3. The second kappa shape index (κ2) is 6.87. The third kappa shape index (κ3) is 2.55. The van der Waals surface area contributed by atoms with E-state index in [-0.39, 0.29) is 24.3 Å². The number of para-hydroxylation sites is 1. The van der Waals surface area contributed by atoms with E-state index >= 15 is 0 Å². The Kier molecular flexibility index (Phi) is 4.14. The van der Waals surface area contributed by atoms with E-state index in [1.165, 1.54) is 4.90 Å². The average molecular weight is 439 g/mol. The van der Waals surface area contributed by atoms with Gasteiger partial charge in [0.2, 0.25) is 5.91 Å². The highest BCUT2D eigenvalue weighted by molar-refractivity contribution is 6.21. The van der Waals surface area contributed by atoms with Crippen LogP contribution in [0.2, 0.25) is 0 Å². The highest BCUT2D eigenvalue weighted by Crippen LogP contribution is 2.50. The van der Waals surface area contributed by atoms with Crippen LogP contribution in [0.4, 0.5) is 0 Å². The molecule has 1 N–H and O–H groups in total. The second-order valence-corrected chi connectivity index (χ2v) is 9.19. The predicted octanol–water partition coefficient (Wildman–Crippen LogP) is 3.06. The first-order valence-corrected chi connectivity index (χ1v) is 11.2. The standard InChI is InChI=1S/C26H21N3O4/c27-14-26-11-9-21(30)19(13-26)25(33)29-20-8-4-3-5-15(20)16(22(26)29)10-12-28-23(31)17-6-1-2-7-18(17)24(28)32/h1-8,19,21,30H,9-13H2/t19-,21?,26+/m1/s1. The molecule has 2 aliphatic heterocycles. The third-order valence-corrected chi connectivity index (χ3v) is 7.55. The van der Waals surface area contributed by atoms with Crippen molar-refractivity contribution in [2.75, 3.05) is 6.54 Å². The Morgan fingerprint density at radius 3 is 2.39 bits per heavy atom. The number of benzene rings is 2. The van der Waals surface area contributed by atoms with Crippen molar-refractivity contribution in [1.82, 2.24) is 9.47 Å². The number of amides is 2. The fourth-order valence-corrected chi connectivity index (χ4v) is 5.95. The molecule has 6 rings (SSSR count). The third-order valence-electron chi connectivity index (χ3n) is 7.55. The summed E-state index contributed by atoms with van der Waals surface area (Å²) in [6.45, 7) is 0.162. The van der Waals surface area contributed by atoms with Crippen LogP contribution in [0.5, 0.6) is 0 Å². The van der Waals surface area contributed by atoms with Gasteiger partial charge in [-0.3, -0.25) is 23.9 Å². The van der Waals surface area contributed by atoms with Crippen LogP contribution in [-0.2, 0) is 11.8 Å². The molecule has 2 bridgehead atoms. The van der Waals surface area contributed by atoms with Crippen LogP contribution in [0.3, 0.4) is 0 Å². The largest absolute Gasteiger partial charge is 0.392 e. The lowest BCUT2D eigenvalue weighted by Crippen LogP contribution is -2.50. The van der Waals surface area contributed by atoms with Crippen LogP contribution < -0.4 is 0 Å². The first kappa shape index (κ1) is 19.9. The van der Waals surface area contributed by atoms with Gasteiger partial charge in [0.1, 0.15) is 0 Å². The molecule has 3 aromatic rings. The first-order chi connectivity index (χ1) is 16.0. The highest BCUT2D eigenvalue weighted by atomic mass is 16.3. The quantitative estimate of drug-likeness (QED) is 0.632. The van der Waals surface area contributed by atoms with Gasteiger partial charge in [-0.25, -0.2) is 0 Å².